The van der Waals surface area contributed by atoms with Gasteiger partial charge < -0.3 is 10.6 Å². The lowest BCUT2D eigenvalue weighted by molar-refractivity contribution is 0.366. The van der Waals surface area contributed by atoms with Crippen LogP contribution in [0.15, 0.2) is 0 Å². The minimum Gasteiger partial charge on any atom is -0.320 e. The van der Waals surface area contributed by atoms with E-state index in [2.05, 4.69) is 31.4 Å². The highest BCUT2D eigenvalue weighted by Crippen LogP contribution is 2.16. The molecule has 0 aromatic carbocycles. The maximum absolute atomic E-state index is 3.53. The van der Waals surface area contributed by atoms with Crippen molar-refractivity contribution in [2.24, 2.45) is 5.41 Å². The topological polar surface area (TPSA) is 24.1 Å². The molecule has 0 rings (SSSR count). The maximum Gasteiger partial charge on any atom is -0.00439 e. The lowest BCUT2D eigenvalue weighted by Crippen LogP contribution is -2.21. The summed E-state index contributed by atoms with van der Waals surface area (Å²) in [5.74, 6) is 0. The third-order valence-corrected chi connectivity index (χ3v) is 2.83. The molecule has 0 spiro atoms. The van der Waals surface area contributed by atoms with Crippen LogP contribution in [0.2, 0.25) is 0 Å². The molecule has 0 aromatic rings. The molecule has 2 heteroatoms. The molecule has 2 N–H and O–H groups in total. The van der Waals surface area contributed by atoms with Crippen LogP contribution in [0.25, 0.3) is 0 Å². The predicted molar refractivity (Wildman–Crippen MR) is 74.0 cm³/mol. The molecule has 0 radical (unpaired) electrons. The van der Waals surface area contributed by atoms with Crippen LogP contribution in [0.1, 0.15) is 59.3 Å². The van der Waals surface area contributed by atoms with Gasteiger partial charge in [0.1, 0.15) is 0 Å². The van der Waals surface area contributed by atoms with E-state index in [9.17, 15) is 0 Å². The lowest BCUT2D eigenvalue weighted by Gasteiger charge is -2.17. The third kappa shape index (κ3) is 13.9. The average Bonchev–Trinajstić information content (AvgIpc) is 2.19. The minimum absolute atomic E-state index is 0.472. The van der Waals surface area contributed by atoms with Gasteiger partial charge in [-0.2, -0.15) is 0 Å². The van der Waals surface area contributed by atoms with Crippen LogP contribution < -0.4 is 10.6 Å². The summed E-state index contributed by atoms with van der Waals surface area (Å²) >= 11 is 0. The van der Waals surface area contributed by atoms with Crippen molar-refractivity contribution in [3.63, 3.8) is 0 Å². The Morgan fingerprint density at radius 1 is 0.750 bits per heavy atom. The second kappa shape index (κ2) is 10.1. The second-order valence-corrected chi connectivity index (χ2v) is 5.93. The van der Waals surface area contributed by atoms with E-state index in [0.29, 0.717) is 5.41 Å². The van der Waals surface area contributed by atoms with Crippen molar-refractivity contribution in [1.29, 1.82) is 0 Å². The van der Waals surface area contributed by atoms with Crippen molar-refractivity contribution in [2.45, 2.75) is 59.3 Å². The second-order valence-electron chi connectivity index (χ2n) is 5.93. The zero-order chi connectivity index (χ0) is 12.3. The summed E-state index contributed by atoms with van der Waals surface area (Å²) in [5, 5.41) is 6.72. The monoisotopic (exact) mass is 228 g/mol. The van der Waals surface area contributed by atoms with Gasteiger partial charge in [0.05, 0.1) is 0 Å². The van der Waals surface area contributed by atoms with Crippen LogP contribution in [0.3, 0.4) is 0 Å². The van der Waals surface area contributed by atoms with Crippen molar-refractivity contribution in [3.05, 3.63) is 0 Å². The van der Waals surface area contributed by atoms with Gasteiger partial charge in [-0.25, -0.2) is 0 Å². The van der Waals surface area contributed by atoms with Gasteiger partial charge in [-0.15, -0.1) is 0 Å². The summed E-state index contributed by atoms with van der Waals surface area (Å²) in [6.07, 6.45) is 8.09. The Bertz CT molecular complexity index is 138. The molecule has 0 unspecified atom stereocenters. The Morgan fingerprint density at radius 3 is 1.88 bits per heavy atom. The van der Waals surface area contributed by atoms with E-state index in [0.717, 1.165) is 0 Å². The fourth-order valence-corrected chi connectivity index (χ4v) is 1.67. The highest BCUT2D eigenvalue weighted by atomic mass is 14.8. The zero-order valence-corrected chi connectivity index (χ0v) is 11.9. The summed E-state index contributed by atoms with van der Waals surface area (Å²) < 4.78 is 0. The summed E-state index contributed by atoms with van der Waals surface area (Å²) in [6.45, 7) is 10.4. The Hall–Kier alpha value is -0.0800. The molecular formula is C14H32N2. The Kier molecular flexibility index (Phi) is 10.0. The normalized spacial score (nSPS) is 12.0. The van der Waals surface area contributed by atoms with Gasteiger partial charge in [0.15, 0.2) is 0 Å². The van der Waals surface area contributed by atoms with Gasteiger partial charge in [0, 0.05) is 0 Å². The van der Waals surface area contributed by atoms with Crippen LogP contribution in [0.5, 0.6) is 0 Å². The van der Waals surface area contributed by atoms with Crippen LogP contribution in [0.4, 0.5) is 0 Å². The summed E-state index contributed by atoms with van der Waals surface area (Å²) in [5.41, 5.74) is 0.472. The molecule has 0 aliphatic carbocycles. The van der Waals surface area contributed by atoms with E-state index in [1.807, 2.05) is 7.05 Å². The van der Waals surface area contributed by atoms with Crippen molar-refractivity contribution in [1.82, 2.24) is 10.6 Å². The first-order valence-corrected chi connectivity index (χ1v) is 6.91. The first-order chi connectivity index (χ1) is 7.56. The maximum atomic E-state index is 3.53. The minimum atomic E-state index is 0.472. The molecule has 0 saturated heterocycles. The van der Waals surface area contributed by atoms with Crippen LogP contribution in [-0.2, 0) is 0 Å². The van der Waals surface area contributed by atoms with Gasteiger partial charge in [-0.3, -0.25) is 0 Å². The molecule has 0 saturated carbocycles. The Labute approximate surface area is 103 Å². The van der Waals surface area contributed by atoms with Crippen molar-refractivity contribution >= 4 is 0 Å². The lowest BCUT2D eigenvalue weighted by atomic mass is 9.92. The standard InChI is InChI=1S/C14H32N2/c1-14(2,3)10-13-16-12-9-7-5-6-8-11-15-4/h15-16H,5-13H2,1-4H3. The summed E-state index contributed by atoms with van der Waals surface area (Å²) in [4.78, 5) is 0. The molecule has 0 atom stereocenters. The van der Waals surface area contributed by atoms with E-state index >= 15 is 0 Å². The molecule has 98 valence electrons. The first kappa shape index (κ1) is 15.9. The number of rotatable bonds is 10. The van der Waals surface area contributed by atoms with Gasteiger partial charge in [0.2, 0.25) is 0 Å². The third-order valence-electron chi connectivity index (χ3n) is 2.83. The van der Waals surface area contributed by atoms with Gasteiger partial charge in [-0.1, -0.05) is 40.0 Å². The van der Waals surface area contributed by atoms with Gasteiger partial charge >= 0.3 is 0 Å². The SMILES string of the molecule is CNCCCCCCCNCCC(C)(C)C. The number of nitrogens with one attached hydrogen (secondary N) is 2. The molecule has 0 heterocycles. The molecular weight excluding hydrogens is 196 g/mol. The van der Waals surface area contributed by atoms with E-state index < -0.39 is 0 Å². The molecule has 16 heavy (non-hydrogen) atoms. The van der Waals surface area contributed by atoms with Gasteiger partial charge in [-0.05, 0) is 51.4 Å². The summed E-state index contributed by atoms with van der Waals surface area (Å²) in [6, 6.07) is 0. The van der Waals surface area contributed by atoms with Crippen LogP contribution in [0, 0.1) is 5.41 Å². The molecule has 0 aromatic heterocycles. The molecule has 0 amide bonds. The molecule has 0 fully saturated rings. The fourth-order valence-electron chi connectivity index (χ4n) is 1.67. The van der Waals surface area contributed by atoms with Crippen LogP contribution >= 0.6 is 0 Å². The van der Waals surface area contributed by atoms with E-state index in [-0.39, 0.29) is 0 Å². The highest BCUT2D eigenvalue weighted by molar-refractivity contribution is 4.62. The highest BCUT2D eigenvalue weighted by Gasteiger charge is 2.08. The number of hydrogen-bond donors (Lipinski definition) is 2. The van der Waals surface area contributed by atoms with Crippen molar-refractivity contribution in [2.75, 3.05) is 26.7 Å². The zero-order valence-electron chi connectivity index (χ0n) is 11.9. The fraction of sp³-hybridized carbons (Fsp3) is 1.00. The van der Waals surface area contributed by atoms with Crippen LogP contribution in [-0.4, -0.2) is 26.7 Å². The van der Waals surface area contributed by atoms with E-state index in [1.54, 1.807) is 0 Å². The van der Waals surface area contributed by atoms with E-state index in [1.165, 1.54) is 58.2 Å². The molecule has 2 nitrogen and oxygen atoms in total. The molecule has 0 bridgehead atoms. The molecule has 0 aliphatic rings. The summed E-state index contributed by atoms with van der Waals surface area (Å²) in [7, 11) is 2.03. The molecule has 0 aliphatic heterocycles. The average molecular weight is 228 g/mol. The Morgan fingerprint density at radius 2 is 1.31 bits per heavy atom. The Balaban J connectivity index is 2.99. The first-order valence-electron chi connectivity index (χ1n) is 6.91. The number of hydrogen-bond acceptors (Lipinski definition) is 2. The van der Waals surface area contributed by atoms with Crippen molar-refractivity contribution < 1.29 is 0 Å². The van der Waals surface area contributed by atoms with Crippen molar-refractivity contribution in [3.8, 4) is 0 Å². The quantitative estimate of drug-likeness (QED) is 0.561. The smallest absolute Gasteiger partial charge is 0.00439 e. The van der Waals surface area contributed by atoms with E-state index in [4.69, 9.17) is 0 Å². The number of unbranched alkanes of at least 4 members (excludes halogenated alkanes) is 4. The van der Waals surface area contributed by atoms with Gasteiger partial charge in [0.25, 0.3) is 0 Å². The predicted octanol–water partition coefficient (Wildman–Crippen LogP) is 3.18. The largest absolute Gasteiger partial charge is 0.320 e.